The van der Waals surface area contributed by atoms with E-state index in [-0.39, 0.29) is 17.9 Å². The first kappa shape index (κ1) is 15.0. The molecule has 0 aromatic carbocycles. The minimum absolute atomic E-state index is 0.170. The molecule has 0 aliphatic carbocycles. The van der Waals surface area contributed by atoms with Gasteiger partial charge in [0.25, 0.3) is 0 Å². The zero-order valence-corrected chi connectivity index (χ0v) is 12.9. The van der Waals surface area contributed by atoms with E-state index in [1.807, 2.05) is 0 Å². The first-order valence-electron chi connectivity index (χ1n) is 6.99. The van der Waals surface area contributed by atoms with Crippen molar-refractivity contribution in [2.75, 3.05) is 37.8 Å². The zero-order valence-electron chi connectivity index (χ0n) is 12.2. The number of ether oxygens (including phenoxy) is 2. The second kappa shape index (κ2) is 6.45. The molecule has 1 aliphatic heterocycles. The van der Waals surface area contributed by atoms with Crippen molar-refractivity contribution < 1.29 is 14.3 Å². The molecule has 118 valence electrons. The molecule has 0 unspecified atom stereocenters. The molecule has 2 aromatic heterocycles. The average molecular weight is 326 g/mol. The van der Waals surface area contributed by atoms with Crippen molar-refractivity contribution in [3.63, 3.8) is 0 Å². The van der Waals surface area contributed by atoms with Gasteiger partial charge in [-0.25, -0.2) is 4.98 Å². The molecule has 0 bridgehead atoms. The molecular formula is C13H16ClN5O3. The highest BCUT2D eigenvalue weighted by atomic mass is 35.5. The number of morpholine rings is 1. The predicted octanol–water partition coefficient (Wildman–Crippen LogP) is 0.879. The van der Waals surface area contributed by atoms with Crippen LogP contribution in [-0.4, -0.2) is 58.4 Å². The van der Waals surface area contributed by atoms with Crippen molar-refractivity contribution in [2.45, 2.75) is 13.5 Å². The summed E-state index contributed by atoms with van der Waals surface area (Å²) in [6.45, 7) is 4.88. The number of esters is 1. The van der Waals surface area contributed by atoms with Crippen LogP contribution in [-0.2, 0) is 20.8 Å². The maximum Gasteiger partial charge on any atom is 0.302 e. The number of aromatic nitrogens is 4. The van der Waals surface area contributed by atoms with Gasteiger partial charge in [-0.2, -0.15) is 9.97 Å². The summed E-state index contributed by atoms with van der Waals surface area (Å²) in [6, 6.07) is 0. The van der Waals surface area contributed by atoms with Crippen molar-refractivity contribution in [3.8, 4) is 0 Å². The number of imidazole rings is 1. The monoisotopic (exact) mass is 325 g/mol. The van der Waals surface area contributed by atoms with Gasteiger partial charge in [-0.05, 0) is 11.6 Å². The topological polar surface area (TPSA) is 82.4 Å². The van der Waals surface area contributed by atoms with Crippen molar-refractivity contribution in [2.24, 2.45) is 0 Å². The van der Waals surface area contributed by atoms with E-state index < -0.39 is 0 Å². The van der Waals surface area contributed by atoms with E-state index in [1.165, 1.54) is 6.92 Å². The van der Waals surface area contributed by atoms with Gasteiger partial charge in [-0.3, -0.25) is 4.79 Å². The van der Waals surface area contributed by atoms with Crippen LogP contribution in [0.15, 0.2) is 6.33 Å². The van der Waals surface area contributed by atoms with E-state index >= 15 is 0 Å². The number of halogens is 1. The molecule has 0 amide bonds. The summed E-state index contributed by atoms with van der Waals surface area (Å²) in [5.41, 5.74) is 1.32. The second-order valence-electron chi connectivity index (χ2n) is 4.87. The van der Waals surface area contributed by atoms with Crippen LogP contribution in [0, 0.1) is 0 Å². The SMILES string of the molecule is CC(=O)OCCn1cnc2c(N3CCOCC3)nc(Cl)nc21. The van der Waals surface area contributed by atoms with Gasteiger partial charge >= 0.3 is 5.97 Å². The van der Waals surface area contributed by atoms with Crippen LogP contribution < -0.4 is 4.90 Å². The normalized spacial score (nSPS) is 15.3. The Morgan fingerprint density at radius 3 is 2.91 bits per heavy atom. The molecule has 0 atom stereocenters. The fourth-order valence-electron chi connectivity index (χ4n) is 2.35. The van der Waals surface area contributed by atoms with Gasteiger partial charge < -0.3 is 18.9 Å². The Hall–Kier alpha value is -1.93. The molecule has 22 heavy (non-hydrogen) atoms. The molecule has 0 radical (unpaired) electrons. The van der Waals surface area contributed by atoms with Crippen LogP contribution in [0.5, 0.6) is 0 Å². The van der Waals surface area contributed by atoms with Gasteiger partial charge in [0.1, 0.15) is 6.61 Å². The number of carbonyl (C=O) groups excluding carboxylic acids is 1. The van der Waals surface area contributed by atoms with E-state index in [0.717, 1.165) is 13.1 Å². The number of anilines is 1. The third-order valence-corrected chi connectivity index (χ3v) is 3.54. The lowest BCUT2D eigenvalue weighted by Crippen LogP contribution is -2.37. The number of carbonyl (C=O) groups is 1. The van der Waals surface area contributed by atoms with Crippen LogP contribution in [0.2, 0.25) is 5.28 Å². The first-order chi connectivity index (χ1) is 10.6. The Morgan fingerprint density at radius 2 is 2.18 bits per heavy atom. The highest BCUT2D eigenvalue weighted by Gasteiger charge is 2.20. The largest absolute Gasteiger partial charge is 0.464 e. The van der Waals surface area contributed by atoms with Gasteiger partial charge in [0.2, 0.25) is 5.28 Å². The van der Waals surface area contributed by atoms with Crippen molar-refractivity contribution in [3.05, 3.63) is 11.6 Å². The lowest BCUT2D eigenvalue weighted by atomic mass is 10.4. The molecule has 3 heterocycles. The van der Waals surface area contributed by atoms with Gasteiger partial charge in [0.15, 0.2) is 17.0 Å². The lowest BCUT2D eigenvalue weighted by Gasteiger charge is -2.27. The molecule has 9 heteroatoms. The number of nitrogens with zero attached hydrogens (tertiary/aromatic N) is 5. The van der Waals surface area contributed by atoms with E-state index in [0.29, 0.717) is 36.7 Å². The highest BCUT2D eigenvalue weighted by Crippen LogP contribution is 2.24. The van der Waals surface area contributed by atoms with Gasteiger partial charge in [-0.15, -0.1) is 0 Å². The summed E-state index contributed by atoms with van der Waals surface area (Å²) >= 11 is 6.05. The number of rotatable bonds is 4. The fraction of sp³-hybridized carbons (Fsp3) is 0.538. The van der Waals surface area contributed by atoms with E-state index in [1.54, 1.807) is 10.9 Å². The second-order valence-corrected chi connectivity index (χ2v) is 5.20. The summed E-state index contributed by atoms with van der Waals surface area (Å²) < 4.78 is 12.1. The van der Waals surface area contributed by atoms with Crippen LogP contribution in [0.4, 0.5) is 5.82 Å². The molecule has 0 spiro atoms. The summed E-state index contributed by atoms with van der Waals surface area (Å²) in [5, 5.41) is 0.170. The standard InChI is InChI=1S/C13H16ClN5O3/c1-9(20)22-7-4-19-8-15-10-11(16-13(14)17-12(10)19)18-2-5-21-6-3-18/h8H,2-7H2,1H3. The average Bonchev–Trinajstić information content (AvgIpc) is 2.90. The van der Waals surface area contributed by atoms with Gasteiger partial charge in [0, 0.05) is 20.0 Å². The third-order valence-electron chi connectivity index (χ3n) is 3.37. The Balaban J connectivity index is 1.90. The molecule has 1 saturated heterocycles. The summed E-state index contributed by atoms with van der Waals surface area (Å²) in [4.78, 5) is 25.9. The van der Waals surface area contributed by atoms with Crippen molar-refractivity contribution in [1.29, 1.82) is 0 Å². The minimum Gasteiger partial charge on any atom is -0.464 e. The predicted molar refractivity (Wildman–Crippen MR) is 80.0 cm³/mol. The third kappa shape index (κ3) is 3.12. The number of fused-ring (bicyclic) bond motifs is 1. The van der Waals surface area contributed by atoms with Gasteiger partial charge in [0.05, 0.1) is 26.1 Å². The van der Waals surface area contributed by atoms with Crippen molar-refractivity contribution in [1.82, 2.24) is 19.5 Å². The summed E-state index contributed by atoms with van der Waals surface area (Å²) in [5.74, 6) is 0.399. The molecule has 1 aliphatic rings. The first-order valence-corrected chi connectivity index (χ1v) is 7.37. The van der Waals surface area contributed by atoms with Gasteiger partial charge in [-0.1, -0.05) is 0 Å². The highest BCUT2D eigenvalue weighted by molar-refractivity contribution is 6.28. The maximum atomic E-state index is 10.8. The van der Waals surface area contributed by atoms with Crippen LogP contribution in [0.25, 0.3) is 11.2 Å². The number of hydrogen-bond acceptors (Lipinski definition) is 7. The zero-order chi connectivity index (χ0) is 15.5. The minimum atomic E-state index is -0.314. The van der Waals surface area contributed by atoms with Crippen LogP contribution >= 0.6 is 11.6 Å². The van der Waals surface area contributed by atoms with Crippen LogP contribution in [0.1, 0.15) is 6.92 Å². The molecule has 0 saturated carbocycles. The Kier molecular flexibility index (Phi) is 4.39. The molecule has 1 fully saturated rings. The Bertz CT molecular complexity index is 684. The fourth-order valence-corrected chi connectivity index (χ4v) is 2.51. The van der Waals surface area contributed by atoms with E-state index in [4.69, 9.17) is 21.1 Å². The summed E-state index contributed by atoms with van der Waals surface area (Å²) in [7, 11) is 0. The molecule has 3 rings (SSSR count). The van der Waals surface area contributed by atoms with Crippen molar-refractivity contribution >= 4 is 34.6 Å². The molecule has 0 N–H and O–H groups in total. The smallest absolute Gasteiger partial charge is 0.302 e. The van der Waals surface area contributed by atoms with E-state index in [2.05, 4.69) is 19.9 Å². The molecule has 2 aromatic rings. The summed E-state index contributed by atoms with van der Waals surface area (Å²) in [6.07, 6.45) is 1.66. The Morgan fingerprint density at radius 1 is 1.41 bits per heavy atom. The molecule has 8 nitrogen and oxygen atoms in total. The van der Waals surface area contributed by atoms with E-state index in [9.17, 15) is 4.79 Å². The lowest BCUT2D eigenvalue weighted by molar-refractivity contribution is -0.141. The molecular weight excluding hydrogens is 310 g/mol. The Labute approximate surface area is 132 Å². The number of hydrogen-bond donors (Lipinski definition) is 0. The maximum absolute atomic E-state index is 10.8. The quantitative estimate of drug-likeness (QED) is 0.609. The van der Waals surface area contributed by atoms with Crippen LogP contribution in [0.3, 0.4) is 0 Å².